The molecule has 2 aromatic heterocycles. The average molecular weight is 308 g/mol. The van der Waals surface area contributed by atoms with Gasteiger partial charge in [-0.3, -0.25) is 0 Å². The Morgan fingerprint density at radius 1 is 1.33 bits per heavy atom. The van der Waals surface area contributed by atoms with E-state index in [2.05, 4.69) is 15.0 Å². The predicted molar refractivity (Wildman–Crippen MR) is 78.0 cm³/mol. The predicted octanol–water partition coefficient (Wildman–Crippen LogP) is 0.308. The van der Waals surface area contributed by atoms with E-state index in [0.717, 1.165) is 17.3 Å². The van der Waals surface area contributed by atoms with Gasteiger partial charge in [-0.1, -0.05) is 0 Å². The summed E-state index contributed by atoms with van der Waals surface area (Å²) in [5, 5.41) is 10.4. The van der Waals surface area contributed by atoms with Crippen LogP contribution in [-0.2, 0) is 9.84 Å². The van der Waals surface area contributed by atoms with Crippen LogP contribution in [0.4, 0.5) is 5.82 Å². The van der Waals surface area contributed by atoms with Gasteiger partial charge in [0.15, 0.2) is 5.82 Å². The second-order valence-corrected chi connectivity index (χ2v) is 7.71. The molecule has 3 rings (SSSR count). The summed E-state index contributed by atoms with van der Waals surface area (Å²) in [6.07, 6.45) is 2.57. The normalized spacial score (nSPS) is 17.8. The van der Waals surface area contributed by atoms with E-state index in [1.807, 2.05) is 17.9 Å². The number of aryl methyl sites for hydroxylation is 1. The lowest BCUT2D eigenvalue weighted by molar-refractivity contribution is 0.0307. The molecular formula is C13H16N4O3S. The maximum Gasteiger partial charge on any atom is 0.247 e. The van der Waals surface area contributed by atoms with Crippen molar-refractivity contribution in [3.8, 4) is 0 Å². The van der Waals surface area contributed by atoms with Gasteiger partial charge in [-0.2, -0.15) is 0 Å². The van der Waals surface area contributed by atoms with E-state index >= 15 is 0 Å². The summed E-state index contributed by atoms with van der Waals surface area (Å²) in [5.41, 5.74) is 0.538. The van der Waals surface area contributed by atoms with E-state index in [1.165, 1.54) is 6.20 Å². The van der Waals surface area contributed by atoms with Crippen molar-refractivity contribution in [2.75, 3.05) is 24.2 Å². The van der Waals surface area contributed by atoms with Crippen LogP contribution in [0.25, 0.3) is 10.9 Å². The van der Waals surface area contributed by atoms with Gasteiger partial charge in [-0.15, -0.1) is 0 Å². The molecule has 3 heterocycles. The molecule has 7 nitrogen and oxygen atoms in total. The second kappa shape index (κ2) is 4.35. The Morgan fingerprint density at radius 3 is 2.57 bits per heavy atom. The van der Waals surface area contributed by atoms with Crippen LogP contribution < -0.4 is 4.90 Å². The molecule has 0 spiro atoms. The minimum atomic E-state index is -3.48. The van der Waals surface area contributed by atoms with E-state index in [1.54, 1.807) is 6.92 Å². The fourth-order valence-electron chi connectivity index (χ4n) is 2.46. The molecule has 1 aliphatic rings. The molecule has 2 aromatic rings. The maximum atomic E-state index is 11.6. The zero-order valence-corrected chi connectivity index (χ0v) is 12.8. The van der Waals surface area contributed by atoms with E-state index in [-0.39, 0.29) is 5.16 Å². The topological polar surface area (TPSA) is 96.3 Å². The second-order valence-electron chi connectivity index (χ2n) is 5.80. The molecule has 112 valence electrons. The van der Waals surface area contributed by atoms with E-state index in [4.69, 9.17) is 0 Å². The first-order valence-corrected chi connectivity index (χ1v) is 8.37. The minimum Gasteiger partial charge on any atom is -0.386 e. The Labute approximate surface area is 122 Å². The fourth-order valence-corrected chi connectivity index (χ4v) is 2.96. The standard InChI is InChI=1S/C13H16N4O3S/c1-8-4-9-5-14-12(21(3,19)20)16-10(9)11(15-8)17-6-13(2,18)7-17/h4-5,18H,6-7H2,1-3H3. The number of rotatable bonds is 2. The molecule has 0 amide bonds. The number of sulfone groups is 1. The molecule has 0 atom stereocenters. The van der Waals surface area contributed by atoms with Gasteiger partial charge in [0.05, 0.1) is 5.60 Å². The summed E-state index contributed by atoms with van der Waals surface area (Å²) in [5.74, 6) is 0.587. The lowest BCUT2D eigenvalue weighted by Crippen LogP contribution is -2.60. The van der Waals surface area contributed by atoms with Crippen molar-refractivity contribution in [2.24, 2.45) is 0 Å². The first-order valence-electron chi connectivity index (χ1n) is 6.47. The third-order valence-electron chi connectivity index (χ3n) is 3.35. The zero-order chi connectivity index (χ0) is 15.4. The molecule has 0 aliphatic carbocycles. The number of fused-ring (bicyclic) bond motifs is 1. The van der Waals surface area contributed by atoms with Crippen LogP contribution in [0.5, 0.6) is 0 Å². The van der Waals surface area contributed by atoms with Crippen molar-refractivity contribution in [1.29, 1.82) is 0 Å². The largest absolute Gasteiger partial charge is 0.386 e. The summed E-state index contributed by atoms with van der Waals surface area (Å²) >= 11 is 0. The molecule has 1 saturated heterocycles. The van der Waals surface area contributed by atoms with Crippen molar-refractivity contribution >= 4 is 26.6 Å². The third kappa shape index (κ3) is 2.56. The first-order chi connectivity index (χ1) is 9.66. The van der Waals surface area contributed by atoms with E-state index < -0.39 is 15.4 Å². The van der Waals surface area contributed by atoms with Crippen LogP contribution in [-0.4, -0.2) is 53.4 Å². The Balaban J connectivity index is 2.18. The number of β-amino-alcohol motifs (C(OH)–C–C–N with tert-alkyl or cyclic N) is 1. The Kier molecular flexibility index (Phi) is 2.93. The third-order valence-corrected chi connectivity index (χ3v) is 4.21. The lowest BCUT2D eigenvalue weighted by atomic mass is 9.97. The van der Waals surface area contributed by atoms with Gasteiger partial charge in [-0.25, -0.2) is 23.4 Å². The monoisotopic (exact) mass is 308 g/mol. The van der Waals surface area contributed by atoms with Crippen molar-refractivity contribution in [1.82, 2.24) is 15.0 Å². The van der Waals surface area contributed by atoms with Gasteiger partial charge in [0.25, 0.3) is 0 Å². The van der Waals surface area contributed by atoms with Crippen molar-refractivity contribution in [3.63, 3.8) is 0 Å². The van der Waals surface area contributed by atoms with Crippen LogP contribution in [0, 0.1) is 6.92 Å². The summed E-state index contributed by atoms with van der Waals surface area (Å²) in [4.78, 5) is 14.4. The van der Waals surface area contributed by atoms with Crippen molar-refractivity contribution < 1.29 is 13.5 Å². The summed E-state index contributed by atoms with van der Waals surface area (Å²) < 4.78 is 23.2. The molecular weight excluding hydrogens is 292 g/mol. The number of aliphatic hydroxyl groups is 1. The molecule has 1 N–H and O–H groups in total. The fraction of sp³-hybridized carbons (Fsp3) is 0.462. The highest BCUT2D eigenvalue weighted by Gasteiger charge is 2.38. The molecule has 1 fully saturated rings. The Hall–Kier alpha value is -1.80. The number of hydrogen-bond acceptors (Lipinski definition) is 7. The number of nitrogens with zero attached hydrogens (tertiary/aromatic N) is 4. The molecule has 0 radical (unpaired) electrons. The summed E-state index contributed by atoms with van der Waals surface area (Å²) in [6, 6.07) is 1.81. The molecule has 21 heavy (non-hydrogen) atoms. The van der Waals surface area contributed by atoms with Crippen molar-refractivity contribution in [2.45, 2.75) is 24.6 Å². The number of hydrogen-bond donors (Lipinski definition) is 1. The molecule has 0 bridgehead atoms. The minimum absolute atomic E-state index is 0.214. The Morgan fingerprint density at radius 2 is 2.00 bits per heavy atom. The average Bonchev–Trinajstić information content (AvgIpc) is 2.33. The van der Waals surface area contributed by atoms with E-state index in [9.17, 15) is 13.5 Å². The van der Waals surface area contributed by atoms with Gasteiger partial charge in [0, 0.05) is 36.6 Å². The van der Waals surface area contributed by atoms with Crippen LogP contribution in [0.2, 0.25) is 0 Å². The van der Waals surface area contributed by atoms with Gasteiger partial charge in [0.1, 0.15) is 5.52 Å². The quantitative estimate of drug-likeness (QED) is 0.797. The highest BCUT2D eigenvalue weighted by molar-refractivity contribution is 7.90. The van der Waals surface area contributed by atoms with Gasteiger partial charge in [-0.05, 0) is 19.9 Å². The van der Waals surface area contributed by atoms with Crippen LogP contribution in [0.3, 0.4) is 0 Å². The molecule has 0 unspecified atom stereocenters. The molecule has 8 heteroatoms. The zero-order valence-electron chi connectivity index (χ0n) is 12.0. The van der Waals surface area contributed by atoms with Crippen molar-refractivity contribution in [3.05, 3.63) is 18.0 Å². The lowest BCUT2D eigenvalue weighted by Gasteiger charge is -2.45. The highest BCUT2D eigenvalue weighted by Crippen LogP contribution is 2.31. The highest BCUT2D eigenvalue weighted by atomic mass is 32.2. The number of pyridine rings is 1. The van der Waals surface area contributed by atoms with Crippen LogP contribution >= 0.6 is 0 Å². The Bertz CT molecular complexity index is 825. The SMILES string of the molecule is Cc1cc2cnc(S(C)(=O)=O)nc2c(N2CC(C)(O)C2)n1. The smallest absolute Gasteiger partial charge is 0.247 e. The molecule has 1 aliphatic heterocycles. The summed E-state index contributed by atoms with van der Waals surface area (Å²) in [7, 11) is -3.48. The molecule has 0 aromatic carbocycles. The number of aromatic nitrogens is 3. The van der Waals surface area contributed by atoms with Gasteiger partial charge in [0.2, 0.25) is 15.0 Å². The molecule has 0 saturated carbocycles. The maximum absolute atomic E-state index is 11.6. The summed E-state index contributed by atoms with van der Waals surface area (Å²) in [6.45, 7) is 4.48. The van der Waals surface area contributed by atoms with Gasteiger partial charge >= 0.3 is 0 Å². The van der Waals surface area contributed by atoms with Crippen LogP contribution in [0.1, 0.15) is 12.6 Å². The van der Waals surface area contributed by atoms with Crippen LogP contribution in [0.15, 0.2) is 17.4 Å². The van der Waals surface area contributed by atoms with Gasteiger partial charge < -0.3 is 10.0 Å². The van der Waals surface area contributed by atoms with E-state index in [0.29, 0.717) is 24.4 Å². The first kappa shape index (κ1) is 14.2. The number of anilines is 1.